The molecule has 1 heterocycles. The van der Waals surface area contributed by atoms with Gasteiger partial charge in [0.15, 0.2) is 0 Å². The zero-order chi connectivity index (χ0) is 17.7. The van der Waals surface area contributed by atoms with Crippen molar-refractivity contribution in [3.05, 3.63) is 108 Å². The summed E-state index contributed by atoms with van der Waals surface area (Å²) in [5.74, 6) is 1.21. The molecule has 0 aliphatic carbocycles. The molecule has 0 unspecified atom stereocenters. The molecule has 0 amide bonds. The topological polar surface area (TPSA) is 9.23 Å². The summed E-state index contributed by atoms with van der Waals surface area (Å²) in [6.07, 6.45) is 2.44. The second-order valence-corrected chi connectivity index (χ2v) is 8.05. The van der Waals surface area contributed by atoms with Gasteiger partial charge in [0.1, 0.15) is 5.60 Å². The molecule has 0 saturated carbocycles. The van der Waals surface area contributed by atoms with Crippen molar-refractivity contribution in [2.24, 2.45) is 0 Å². The largest absolute Gasteiger partial charge is 0.360 e. The van der Waals surface area contributed by atoms with E-state index in [9.17, 15) is 0 Å². The van der Waals surface area contributed by atoms with E-state index in [1.165, 1.54) is 35.3 Å². The van der Waals surface area contributed by atoms with Crippen LogP contribution in [0, 0.1) is 0 Å². The van der Waals surface area contributed by atoms with Gasteiger partial charge in [-0.3, -0.25) is 0 Å². The SMILES string of the molecule is c1ccc(COC(c2ccccc2)(c2ccccc2)[C@@H]2CCCS2)cc1. The Morgan fingerprint density at radius 1 is 0.769 bits per heavy atom. The van der Waals surface area contributed by atoms with Crippen molar-refractivity contribution in [3.63, 3.8) is 0 Å². The first-order chi connectivity index (χ1) is 12.9. The zero-order valence-electron chi connectivity index (χ0n) is 14.9. The predicted octanol–water partition coefficient (Wildman–Crippen LogP) is 6.04. The molecular weight excluding hydrogens is 336 g/mol. The van der Waals surface area contributed by atoms with Crippen LogP contribution >= 0.6 is 11.8 Å². The van der Waals surface area contributed by atoms with Gasteiger partial charge in [-0.05, 0) is 35.3 Å². The number of hydrogen-bond acceptors (Lipinski definition) is 2. The monoisotopic (exact) mass is 360 g/mol. The van der Waals surface area contributed by atoms with Crippen LogP contribution in [-0.2, 0) is 16.9 Å². The average molecular weight is 361 g/mol. The molecule has 4 rings (SSSR count). The van der Waals surface area contributed by atoms with Crippen LogP contribution in [0.4, 0.5) is 0 Å². The van der Waals surface area contributed by atoms with E-state index in [-0.39, 0.29) is 0 Å². The van der Waals surface area contributed by atoms with Gasteiger partial charge in [0.25, 0.3) is 0 Å². The molecule has 0 spiro atoms. The molecule has 3 aromatic rings. The van der Waals surface area contributed by atoms with E-state index in [0.29, 0.717) is 11.9 Å². The van der Waals surface area contributed by atoms with Gasteiger partial charge in [0, 0.05) is 5.25 Å². The Morgan fingerprint density at radius 2 is 1.31 bits per heavy atom. The molecule has 1 fully saturated rings. The molecule has 0 aromatic heterocycles. The summed E-state index contributed by atoms with van der Waals surface area (Å²) < 4.78 is 6.85. The Hall–Kier alpha value is -2.03. The highest BCUT2D eigenvalue weighted by molar-refractivity contribution is 8.00. The van der Waals surface area contributed by atoms with Gasteiger partial charge in [0.2, 0.25) is 0 Å². The van der Waals surface area contributed by atoms with Crippen LogP contribution in [0.1, 0.15) is 29.5 Å². The molecule has 0 bridgehead atoms. The van der Waals surface area contributed by atoms with Gasteiger partial charge in [-0.15, -0.1) is 0 Å². The third kappa shape index (κ3) is 3.44. The minimum Gasteiger partial charge on any atom is -0.360 e. The van der Waals surface area contributed by atoms with Gasteiger partial charge >= 0.3 is 0 Å². The van der Waals surface area contributed by atoms with Crippen LogP contribution in [0.5, 0.6) is 0 Å². The molecule has 26 heavy (non-hydrogen) atoms. The van der Waals surface area contributed by atoms with Crippen molar-refractivity contribution in [3.8, 4) is 0 Å². The van der Waals surface area contributed by atoms with Crippen molar-refractivity contribution >= 4 is 11.8 Å². The average Bonchev–Trinajstić information content (AvgIpc) is 3.26. The van der Waals surface area contributed by atoms with Crippen molar-refractivity contribution in [1.29, 1.82) is 0 Å². The van der Waals surface area contributed by atoms with Crippen molar-refractivity contribution in [2.75, 3.05) is 5.75 Å². The second kappa shape index (κ2) is 8.11. The Labute approximate surface area is 160 Å². The number of thioether (sulfide) groups is 1. The van der Waals surface area contributed by atoms with E-state index in [1.807, 2.05) is 11.8 Å². The maximum absolute atomic E-state index is 6.85. The molecular formula is C24H24OS. The highest BCUT2D eigenvalue weighted by atomic mass is 32.2. The van der Waals surface area contributed by atoms with Gasteiger partial charge in [-0.25, -0.2) is 0 Å². The maximum Gasteiger partial charge on any atom is 0.130 e. The first-order valence-electron chi connectivity index (χ1n) is 9.30. The van der Waals surface area contributed by atoms with E-state index in [4.69, 9.17) is 4.74 Å². The van der Waals surface area contributed by atoms with Crippen molar-refractivity contribution in [2.45, 2.75) is 30.3 Å². The smallest absolute Gasteiger partial charge is 0.130 e. The normalized spacial score (nSPS) is 17.3. The fraction of sp³-hybridized carbons (Fsp3) is 0.250. The molecule has 132 valence electrons. The highest BCUT2D eigenvalue weighted by Gasteiger charge is 2.45. The summed E-state index contributed by atoms with van der Waals surface area (Å²) >= 11 is 2.05. The van der Waals surface area contributed by atoms with Crippen LogP contribution < -0.4 is 0 Å². The molecule has 3 aromatic carbocycles. The summed E-state index contributed by atoms with van der Waals surface area (Å²) in [4.78, 5) is 0. The highest BCUT2D eigenvalue weighted by Crippen LogP contribution is 2.47. The first-order valence-corrected chi connectivity index (χ1v) is 10.3. The molecule has 1 aliphatic rings. The number of benzene rings is 3. The Bertz CT molecular complexity index is 756. The van der Waals surface area contributed by atoms with Gasteiger partial charge in [0.05, 0.1) is 6.61 Å². The maximum atomic E-state index is 6.85. The number of ether oxygens (including phenoxy) is 1. The van der Waals surface area contributed by atoms with E-state index >= 15 is 0 Å². The summed E-state index contributed by atoms with van der Waals surface area (Å²) in [6, 6.07) is 32.0. The summed E-state index contributed by atoms with van der Waals surface area (Å²) in [6.45, 7) is 0.613. The van der Waals surface area contributed by atoms with Crippen LogP contribution in [0.3, 0.4) is 0 Å². The fourth-order valence-electron chi connectivity index (χ4n) is 3.84. The van der Waals surface area contributed by atoms with Crippen molar-refractivity contribution in [1.82, 2.24) is 0 Å². The zero-order valence-corrected chi connectivity index (χ0v) is 15.7. The lowest BCUT2D eigenvalue weighted by molar-refractivity contribution is -0.0323. The van der Waals surface area contributed by atoms with Crippen LogP contribution in [0.2, 0.25) is 0 Å². The predicted molar refractivity (Wildman–Crippen MR) is 110 cm³/mol. The number of hydrogen-bond donors (Lipinski definition) is 0. The molecule has 1 aliphatic heterocycles. The lowest BCUT2D eigenvalue weighted by atomic mass is 9.81. The second-order valence-electron chi connectivity index (χ2n) is 6.74. The van der Waals surface area contributed by atoms with E-state index in [0.717, 1.165) is 0 Å². The fourth-order valence-corrected chi connectivity index (χ4v) is 5.37. The van der Waals surface area contributed by atoms with Crippen LogP contribution in [-0.4, -0.2) is 11.0 Å². The third-order valence-electron chi connectivity index (χ3n) is 5.10. The van der Waals surface area contributed by atoms with Crippen LogP contribution in [0.15, 0.2) is 91.0 Å². The van der Waals surface area contributed by atoms with E-state index in [2.05, 4.69) is 91.0 Å². The van der Waals surface area contributed by atoms with E-state index in [1.54, 1.807) is 0 Å². The summed E-state index contributed by atoms with van der Waals surface area (Å²) in [5.41, 5.74) is 3.30. The Balaban J connectivity index is 1.80. The molecule has 1 atom stereocenters. The molecule has 1 saturated heterocycles. The molecule has 0 radical (unpaired) electrons. The van der Waals surface area contributed by atoms with Crippen molar-refractivity contribution < 1.29 is 4.74 Å². The van der Waals surface area contributed by atoms with Gasteiger partial charge < -0.3 is 4.74 Å². The Morgan fingerprint density at radius 3 is 1.81 bits per heavy atom. The minimum absolute atomic E-state index is 0.417. The lowest BCUT2D eigenvalue weighted by Gasteiger charge is -2.40. The van der Waals surface area contributed by atoms with Gasteiger partial charge in [-0.1, -0.05) is 91.0 Å². The minimum atomic E-state index is -0.417. The number of rotatable bonds is 6. The van der Waals surface area contributed by atoms with E-state index < -0.39 is 5.60 Å². The van der Waals surface area contributed by atoms with Gasteiger partial charge in [-0.2, -0.15) is 11.8 Å². The van der Waals surface area contributed by atoms with Crippen LogP contribution in [0.25, 0.3) is 0 Å². The Kier molecular flexibility index (Phi) is 5.42. The lowest BCUT2D eigenvalue weighted by Crippen LogP contribution is -2.40. The quantitative estimate of drug-likeness (QED) is 0.530. The molecule has 0 N–H and O–H groups in total. The molecule has 1 nitrogen and oxygen atoms in total. The molecule has 2 heteroatoms. The third-order valence-corrected chi connectivity index (χ3v) is 6.59. The standard InChI is InChI=1S/C24H24OS/c1-4-11-20(12-5-1)19-25-24(23-17-10-18-26-23,21-13-6-2-7-14-21)22-15-8-3-9-16-22/h1-9,11-16,23H,10,17-19H2/t23-/m0/s1. The first kappa shape index (κ1) is 17.4. The summed E-state index contributed by atoms with van der Waals surface area (Å²) in [5, 5.41) is 0.427. The summed E-state index contributed by atoms with van der Waals surface area (Å²) in [7, 11) is 0.